The fourth-order valence-electron chi connectivity index (χ4n) is 3.07. The van der Waals surface area contributed by atoms with Crippen LogP contribution in [-0.2, 0) is 4.79 Å². The van der Waals surface area contributed by atoms with Crippen molar-refractivity contribution in [2.24, 2.45) is 0 Å². The average molecular weight is 418 g/mol. The Morgan fingerprint density at radius 1 is 0.966 bits per heavy atom. The van der Waals surface area contributed by atoms with Gasteiger partial charge in [-0.25, -0.2) is 0 Å². The Hall–Kier alpha value is -2.08. The molecule has 2 aromatic carbocycles. The molecule has 0 fully saturated rings. The van der Waals surface area contributed by atoms with Gasteiger partial charge in [0.05, 0.1) is 17.3 Å². The van der Waals surface area contributed by atoms with Crippen LogP contribution in [0.4, 0.5) is 5.69 Å². The van der Waals surface area contributed by atoms with Crippen molar-refractivity contribution in [2.75, 3.05) is 51.2 Å². The number of aryl methyl sites for hydroxylation is 1. The molecule has 5 nitrogen and oxygen atoms in total. The Labute approximate surface area is 179 Å². The van der Waals surface area contributed by atoms with E-state index in [0.29, 0.717) is 30.4 Å². The molecular weight excluding hydrogens is 386 g/mol. The Bertz CT molecular complexity index is 731. The first-order valence-corrected chi connectivity index (χ1v) is 10.6. The van der Waals surface area contributed by atoms with Gasteiger partial charge in [-0.1, -0.05) is 55.8 Å². The monoisotopic (exact) mass is 417 g/mol. The molecule has 2 rings (SSSR count). The summed E-state index contributed by atoms with van der Waals surface area (Å²) in [5, 5.41) is 3.52. The second-order valence-electron chi connectivity index (χ2n) is 6.94. The van der Waals surface area contributed by atoms with E-state index in [0.717, 1.165) is 37.5 Å². The number of amides is 1. The summed E-state index contributed by atoms with van der Waals surface area (Å²) in [4.78, 5) is 17.2. The molecule has 0 saturated heterocycles. The van der Waals surface area contributed by atoms with E-state index >= 15 is 0 Å². The van der Waals surface area contributed by atoms with Crippen LogP contribution in [0.2, 0.25) is 5.02 Å². The number of anilines is 1. The number of carbonyl (C=O) groups excluding carboxylic acids is 1. The lowest BCUT2D eigenvalue weighted by Gasteiger charge is -2.26. The second kappa shape index (κ2) is 12.5. The molecule has 0 unspecified atom stereocenters. The summed E-state index contributed by atoms with van der Waals surface area (Å²) < 4.78 is 5.83. The highest BCUT2D eigenvalue weighted by molar-refractivity contribution is 6.33. The predicted octanol–water partition coefficient (Wildman–Crippen LogP) is 4.31. The molecule has 1 N–H and O–H groups in total. The first kappa shape index (κ1) is 23.2. The van der Waals surface area contributed by atoms with Gasteiger partial charge in [-0.3, -0.25) is 9.69 Å². The molecule has 29 heavy (non-hydrogen) atoms. The van der Waals surface area contributed by atoms with Gasteiger partial charge in [0, 0.05) is 19.6 Å². The van der Waals surface area contributed by atoms with Crippen LogP contribution in [0.5, 0.6) is 5.75 Å². The normalized spacial score (nSPS) is 11.1. The van der Waals surface area contributed by atoms with Gasteiger partial charge in [-0.2, -0.15) is 0 Å². The van der Waals surface area contributed by atoms with E-state index in [4.69, 9.17) is 16.3 Å². The van der Waals surface area contributed by atoms with Gasteiger partial charge in [-0.05, 0) is 43.8 Å². The molecule has 0 saturated carbocycles. The van der Waals surface area contributed by atoms with E-state index in [1.807, 2.05) is 49.4 Å². The molecular formula is C23H32ClN3O2. The van der Waals surface area contributed by atoms with Gasteiger partial charge < -0.3 is 15.0 Å². The van der Waals surface area contributed by atoms with Crippen LogP contribution in [0.1, 0.15) is 19.4 Å². The summed E-state index contributed by atoms with van der Waals surface area (Å²) in [6.45, 7) is 11.4. The summed E-state index contributed by atoms with van der Waals surface area (Å²) >= 11 is 6.25. The molecule has 0 heterocycles. The van der Waals surface area contributed by atoms with Crippen molar-refractivity contribution in [3.63, 3.8) is 0 Å². The topological polar surface area (TPSA) is 44.8 Å². The quantitative estimate of drug-likeness (QED) is 0.559. The summed E-state index contributed by atoms with van der Waals surface area (Å²) in [5.74, 6) is 0.771. The van der Waals surface area contributed by atoms with Gasteiger partial charge in [-0.15, -0.1) is 0 Å². The van der Waals surface area contributed by atoms with Crippen molar-refractivity contribution in [3.05, 3.63) is 59.1 Å². The Morgan fingerprint density at radius 2 is 1.66 bits per heavy atom. The molecule has 0 aliphatic rings. The number of hydrogen-bond acceptors (Lipinski definition) is 4. The minimum absolute atomic E-state index is 0.0690. The third-order valence-electron chi connectivity index (χ3n) is 4.90. The van der Waals surface area contributed by atoms with Crippen molar-refractivity contribution in [1.82, 2.24) is 9.80 Å². The largest absolute Gasteiger partial charge is 0.492 e. The van der Waals surface area contributed by atoms with E-state index in [1.54, 1.807) is 6.07 Å². The Kier molecular flexibility index (Phi) is 9.98. The number of nitrogens with one attached hydrogen (secondary N) is 1. The SMILES string of the molecule is CCN(CC)CCN(CCOc1ccccc1)CC(=O)Nc1c(C)cccc1Cl. The van der Waals surface area contributed by atoms with Gasteiger partial charge in [0.25, 0.3) is 0 Å². The third kappa shape index (κ3) is 8.05. The van der Waals surface area contributed by atoms with Crippen LogP contribution in [0.3, 0.4) is 0 Å². The smallest absolute Gasteiger partial charge is 0.238 e. The van der Waals surface area contributed by atoms with Crippen LogP contribution >= 0.6 is 11.6 Å². The first-order valence-electron chi connectivity index (χ1n) is 10.2. The van der Waals surface area contributed by atoms with Gasteiger partial charge in [0.2, 0.25) is 5.91 Å². The highest BCUT2D eigenvalue weighted by atomic mass is 35.5. The zero-order valence-electron chi connectivity index (χ0n) is 17.7. The fraction of sp³-hybridized carbons (Fsp3) is 0.435. The fourth-order valence-corrected chi connectivity index (χ4v) is 3.34. The van der Waals surface area contributed by atoms with E-state index in [2.05, 4.69) is 29.0 Å². The van der Waals surface area contributed by atoms with E-state index < -0.39 is 0 Å². The lowest BCUT2D eigenvalue weighted by Crippen LogP contribution is -2.41. The lowest BCUT2D eigenvalue weighted by molar-refractivity contribution is -0.117. The van der Waals surface area contributed by atoms with Crippen molar-refractivity contribution in [2.45, 2.75) is 20.8 Å². The molecule has 0 bridgehead atoms. The summed E-state index contributed by atoms with van der Waals surface area (Å²) in [5.41, 5.74) is 1.64. The Morgan fingerprint density at radius 3 is 2.31 bits per heavy atom. The average Bonchev–Trinajstić information content (AvgIpc) is 2.72. The zero-order valence-corrected chi connectivity index (χ0v) is 18.4. The van der Waals surface area contributed by atoms with Gasteiger partial charge in [0.1, 0.15) is 12.4 Å². The lowest BCUT2D eigenvalue weighted by atomic mass is 10.2. The minimum atomic E-state index is -0.0690. The molecule has 1 amide bonds. The summed E-state index contributed by atoms with van der Waals surface area (Å²) in [6, 6.07) is 15.3. The van der Waals surface area contributed by atoms with Crippen LogP contribution in [0.25, 0.3) is 0 Å². The van der Waals surface area contributed by atoms with Gasteiger partial charge >= 0.3 is 0 Å². The second-order valence-corrected chi connectivity index (χ2v) is 7.35. The number of halogens is 1. The molecule has 0 aliphatic carbocycles. The van der Waals surface area contributed by atoms with Crippen LogP contribution in [-0.4, -0.2) is 61.6 Å². The highest BCUT2D eigenvalue weighted by Gasteiger charge is 2.14. The zero-order chi connectivity index (χ0) is 21.1. The van der Waals surface area contributed by atoms with E-state index in [9.17, 15) is 4.79 Å². The number of benzene rings is 2. The number of rotatable bonds is 12. The molecule has 6 heteroatoms. The number of carbonyl (C=O) groups is 1. The molecule has 0 aliphatic heterocycles. The number of nitrogens with zero attached hydrogens (tertiary/aromatic N) is 2. The standard InChI is InChI=1S/C23H32ClN3O2/c1-4-26(5-2)14-15-27(16-17-29-20-11-7-6-8-12-20)18-22(28)25-23-19(3)10-9-13-21(23)24/h6-13H,4-5,14-18H2,1-3H3,(H,25,28). The van der Waals surface area contributed by atoms with Crippen molar-refractivity contribution in [3.8, 4) is 5.75 Å². The summed E-state index contributed by atoms with van der Waals surface area (Å²) in [7, 11) is 0. The van der Waals surface area contributed by atoms with Crippen molar-refractivity contribution >= 4 is 23.2 Å². The number of likely N-dealkylation sites (N-methyl/N-ethyl adjacent to an activating group) is 1. The molecule has 2 aromatic rings. The summed E-state index contributed by atoms with van der Waals surface area (Å²) in [6.07, 6.45) is 0. The molecule has 158 valence electrons. The minimum Gasteiger partial charge on any atom is -0.492 e. The van der Waals surface area contributed by atoms with Crippen molar-refractivity contribution in [1.29, 1.82) is 0 Å². The maximum Gasteiger partial charge on any atom is 0.238 e. The molecule has 0 spiro atoms. The van der Waals surface area contributed by atoms with Crippen LogP contribution < -0.4 is 10.1 Å². The molecule has 0 radical (unpaired) electrons. The number of para-hydroxylation sites is 2. The van der Waals surface area contributed by atoms with Crippen LogP contribution in [0, 0.1) is 6.92 Å². The Balaban J connectivity index is 1.94. The molecule has 0 atom stereocenters. The highest BCUT2D eigenvalue weighted by Crippen LogP contribution is 2.25. The predicted molar refractivity (Wildman–Crippen MR) is 121 cm³/mol. The van der Waals surface area contributed by atoms with E-state index in [-0.39, 0.29) is 5.91 Å². The van der Waals surface area contributed by atoms with Gasteiger partial charge in [0.15, 0.2) is 0 Å². The maximum atomic E-state index is 12.7. The van der Waals surface area contributed by atoms with Crippen LogP contribution in [0.15, 0.2) is 48.5 Å². The molecule has 0 aromatic heterocycles. The van der Waals surface area contributed by atoms with Crippen molar-refractivity contribution < 1.29 is 9.53 Å². The maximum absolute atomic E-state index is 12.7. The third-order valence-corrected chi connectivity index (χ3v) is 5.21. The van der Waals surface area contributed by atoms with E-state index in [1.165, 1.54) is 0 Å². The number of ether oxygens (including phenoxy) is 1. The number of hydrogen-bond donors (Lipinski definition) is 1. The first-order chi connectivity index (χ1) is 14.0.